The number of halogens is 2. The Kier molecular flexibility index (Phi) is 11.1. The predicted octanol–water partition coefficient (Wildman–Crippen LogP) is 8.27. The lowest BCUT2D eigenvalue weighted by Crippen LogP contribution is -2.30. The van der Waals surface area contributed by atoms with E-state index in [-0.39, 0.29) is 17.4 Å². The van der Waals surface area contributed by atoms with Crippen molar-refractivity contribution in [2.75, 3.05) is 23.5 Å². The second-order valence-corrected chi connectivity index (χ2v) is 12.4. The number of benzene rings is 4. The Hall–Kier alpha value is -4.61. The minimum Gasteiger partial charge on any atom is -0.497 e. The first-order valence-electron chi connectivity index (χ1n) is 13.7. The summed E-state index contributed by atoms with van der Waals surface area (Å²) in [7, 11) is 1.60. The predicted molar refractivity (Wildman–Crippen MR) is 187 cm³/mol. The number of amides is 3. The lowest BCUT2D eigenvalue weighted by molar-refractivity contribution is -0.114. The summed E-state index contributed by atoms with van der Waals surface area (Å²) < 4.78 is 5.28. The fraction of sp³-hybridized carbons (Fsp3) is 0.0588. The molecule has 0 fully saturated rings. The van der Waals surface area contributed by atoms with Crippen LogP contribution in [0.2, 0.25) is 10.0 Å². The van der Waals surface area contributed by atoms with E-state index in [0.29, 0.717) is 32.0 Å². The maximum atomic E-state index is 13.4. The summed E-state index contributed by atoms with van der Waals surface area (Å²) in [5.74, 6) is -0.400. The van der Waals surface area contributed by atoms with Gasteiger partial charge in [-0.25, -0.2) is 4.98 Å². The minimum absolute atomic E-state index is 0.0210. The molecule has 3 amide bonds. The van der Waals surface area contributed by atoms with Gasteiger partial charge in [0, 0.05) is 37.1 Å². The van der Waals surface area contributed by atoms with Crippen LogP contribution in [0.5, 0.6) is 5.75 Å². The molecule has 3 N–H and O–H groups in total. The maximum absolute atomic E-state index is 13.4. The first-order valence-corrected chi connectivity index (χ1v) is 16.4. The van der Waals surface area contributed by atoms with Gasteiger partial charge in [0.05, 0.1) is 18.6 Å². The number of nitrogens with one attached hydrogen (secondary N) is 3. The van der Waals surface area contributed by atoms with Crippen molar-refractivity contribution < 1.29 is 19.1 Å². The minimum atomic E-state index is -0.564. The van der Waals surface area contributed by atoms with Gasteiger partial charge >= 0.3 is 0 Å². The average molecular weight is 690 g/mol. The first kappa shape index (κ1) is 32.8. The molecular weight excluding hydrogens is 663 g/mol. The Balaban J connectivity index is 1.23. The number of hydrogen-bond donors (Lipinski definition) is 3. The van der Waals surface area contributed by atoms with E-state index in [4.69, 9.17) is 27.9 Å². The average Bonchev–Trinajstić information content (AvgIpc) is 3.53. The number of carbonyl (C=O) groups is 3. The van der Waals surface area contributed by atoms with Crippen molar-refractivity contribution in [1.29, 1.82) is 0 Å². The number of aromatic nitrogens is 1. The number of thiazole rings is 1. The van der Waals surface area contributed by atoms with E-state index in [2.05, 4.69) is 20.9 Å². The van der Waals surface area contributed by atoms with Crippen LogP contribution in [0.3, 0.4) is 0 Å². The van der Waals surface area contributed by atoms with E-state index in [1.807, 2.05) is 35.7 Å². The highest BCUT2D eigenvalue weighted by molar-refractivity contribution is 8.00. The van der Waals surface area contributed by atoms with Gasteiger partial charge in [-0.05, 0) is 66.2 Å². The zero-order valence-electron chi connectivity index (χ0n) is 24.3. The number of carbonyl (C=O) groups excluding carboxylic acids is 3. The molecular formula is C34H26Cl2N4O4S2. The topological polar surface area (TPSA) is 109 Å². The van der Waals surface area contributed by atoms with Crippen molar-refractivity contribution in [1.82, 2.24) is 10.3 Å². The largest absolute Gasteiger partial charge is 0.497 e. The Morgan fingerprint density at radius 3 is 2.50 bits per heavy atom. The summed E-state index contributed by atoms with van der Waals surface area (Å²) in [4.78, 5) is 44.4. The van der Waals surface area contributed by atoms with Gasteiger partial charge in [0.1, 0.15) is 11.4 Å². The van der Waals surface area contributed by atoms with Crippen LogP contribution in [0.15, 0.2) is 113 Å². The van der Waals surface area contributed by atoms with Gasteiger partial charge < -0.3 is 20.7 Å². The van der Waals surface area contributed by atoms with Gasteiger partial charge in [0.25, 0.3) is 11.8 Å². The molecule has 0 bridgehead atoms. The highest BCUT2D eigenvalue weighted by atomic mass is 35.5. The third kappa shape index (κ3) is 8.98. The lowest BCUT2D eigenvalue weighted by atomic mass is 10.1. The van der Waals surface area contributed by atoms with Crippen LogP contribution in [0, 0.1) is 0 Å². The zero-order chi connectivity index (χ0) is 32.5. The quantitative estimate of drug-likeness (QED) is 0.0952. The molecule has 5 aromatic rings. The standard InChI is InChI=1S/C34H26Cl2N4O4S2/c1-44-26-11-5-9-23(15-26)30-19-46-34(39-30)40-31(41)20-45-27-12-6-10-25(18-27)37-33(43)29(16-22-13-14-24(35)17-28(22)36)38-32(42)21-7-3-2-4-8-21/h2-19H,20H2,1H3,(H,37,43)(H,38,42)(H,39,40,41)/b29-16+. The van der Waals surface area contributed by atoms with Gasteiger partial charge in [0.15, 0.2) is 5.13 Å². The third-order valence-electron chi connectivity index (χ3n) is 6.37. The Bertz CT molecular complexity index is 1910. The van der Waals surface area contributed by atoms with Crippen molar-refractivity contribution in [3.63, 3.8) is 0 Å². The van der Waals surface area contributed by atoms with E-state index < -0.39 is 11.8 Å². The molecule has 0 saturated heterocycles. The Morgan fingerprint density at radius 1 is 0.913 bits per heavy atom. The van der Waals surface area contributed by atoms with Crippen molar-refractivity contribution >= 4 is 80.9 Å². The van der Waals surface area contributed by atoms with Crippen molar-refractivity contribution in [2.24, 2.45) is 0 Å². The normalized spacial score (nSPS) is 11.1. The van der Waals surface area contributed by atoms with Crippen LogP contribution in [0.1, 0.15) is 15.9 Å². The molecule has 0 spiro atoms. The fourth-order valence-electron chi connectivity index (χ4n) is 4.13. The Morgan fingerprint density at radius 2 is 1.72 bits per heavy atom. The molecule has 0 aliphatic rings. The van der Waals surface area contributed by atoms with Crippen LogP contribution in [-0.2, 0) is 9.59 Å². The molecule has 5 rings (SSSR count). The van der Waals surface area contributed by atoms with Gasteiger partial charge in [-0.1, -0.05) is 65.7 Å². The fourth-order valence-corrected chi connectivity index (χ4v) is 6.08. The van der Waals surface area contributed by atoms with Gasteiger partial charge in [-0.15, -0.1) is 23.1 Å². The van der Waals surface area contributed by atoms with Crippen LogP contribution in [0.4, 0.5) is 10.8 Å². The molecule has 1 aromatic heterocycles. The van der Waals surface area contributed by atoms with Gasteiger partial charge in [-0.2, -0.15) is 0 Å². The van der Waals surface area contributed by atoms with Crippen LogP contribution < -0.4 is 20.7 Å². The van der Waals surface area contributed by atoms with E-state index in [9.17, 15) is 14.4 Å². The second-order valence-electron chi connectivity index (χ2n) is 9.63. The molecule has 0 unspecified atom stereocenters. The number of thioether (sulfide) groups is 1. The number of nitrogens with zero attached hydrogens (tertiary/aromatic N) is 1. The summed E-state index contributed by atoms with van der Waals surface area (Å²) in [5, 5.41) is 11.5. The van der Waals surface area contributed by atoms with E-state index in [1.165, 1.54) is 29.2 Å². The number of hydrogen-bond acceptors (Lipinski definition) is 7. The molecule has 46 heavy (non-hydrogen) atoms. The Labute approximate surface area is 283 Å². The molecule has 1 heterocycles. The molecule has 8 nitrogen and oxygen atoms in total. The summed E-state index contributed by atoms with van der Waals surface area (Å²) in [5.41, 5.74) is 2.96. The van der Waals surface area contributed by atoms with E-state index in [0.717, 1.165) is 21.9 Å². The molecule has 12 heteroatoms. The van der Waals surface area contributed by atoms with Crippen LogP contribution in [-0.4, -0.2) is 35.6 Å². The van der Waals surface area contributed by atoms with Crippen molar-refractivity contribution in [3.05, 3.63) is 129 Å². The number of ether oxygens (including phenoxy) is 1. The summed E-state index contributed by atoms with van der Waals surface area (Å²) in [6, 6.07) is 28.0. The van der Waals surface area contributed by atoms with E-state index in [1.54, 1.807) is 73.8 Å². The van der Waals surface area contributed by atoms with Gasteiger partial charge in [-0.3, -0.25) is 14.4 Å². The molecule has 0 radical (unpaired) electrons. The summed E-state index contributed by atoms with van der Waals surface area (Å²) in [6.45, 7) is 0. The van der Waals surface area contributed by atoms with Crippen molar-refractivity contribution in [3.8, 4) is 17.0 Å². The van der Waals surface area contributed by atoms with Gasteiger partial charge in [0.2, 0.25) is 5.91 Å². The maximum Gasteiger partial charge on any atom is 0.272 e. The lowest BCUT2D eigenvalue weighted by Gasteiger charge is -2.12. The molecule has 4 aromatic carbocycles. The summed E-state index contributed by atoms with van der Waals surface area (Å²) in [6.07, 6.45) is 1.48. The SMILES string of the molecule is COc1cccc(-c2csc(NC(=O)CSc3cccc(NC(=O)/C(=C\c4ccc(Cl)cc4Cl)NC(=O)c4ccccc4)c3)n2)c1. The number of methoxy groups -OCH3 is 1. The smallest absolute Gasteiger partial charge is 0.272 e. The molecule has 0 atom stereocenters. The molecule has 232 valence electrons. The molecule has 0 saturated carbocycles. The monoisotopic (exact) mass is 688 g/mol. The number of rotatable bonds is 11. The molecule has 0 aliphatic carbocycles. The second kappa shape index (κ2) is 15.6. The van der Waals surface area contributed by atoms with Crippen LogP contribution in [0.25, 0.3) is 17.3 Å². The van der Waals surface area contributed by atoms with E-state index >= 15 is 0 Å². The summed E-state index contributed by atoms with van der Waals surface area (Å²) >= 11 is 15.0. The van der Waals surface area contributed by atoms with Crippen molar-refractivity contribution in [2.45, 2.75) is 4.90 Å². The zero-order valence-corrected chi connectivity index (χ0v) is 27.4. The third-order valence-corrected chi connectivity index (χ3v) is 8.68. The first-order chi connectivity index (χ1) is 22.3. The number of anilines is 2. The highest BCUT2D eigenvalue weighted by Crippen LogP contribution is 2.28. The molecule has 0 aliphatic heterocycles. The highest BCUT2D eigenvalue weighted by Gasteiger charge is 2.17. The van der Waals surface area contributed by atoms with Crippen LogP contribution >= 0.6 is 46.3 Å².